The highest BCUT2D eigenvalue weighted by Crippen LogP contribution is 2.70. The second-order valence-corrected chi connectivity index (χ2v) is 59.0. The number of hydrogen-bond acceptors (Lipinski definition) is 0. The molecule has 21 saturated carbocycles. The van der Waals surface area contributed by atoms with Gasteiger partial charge in [-0.15, -0.1) is 0 Å². The number of hydrogen-bond donors (Lipinski definition) is 0. The van der Waals surface area contributed by atoms with Crippen molar-refractivity contribution in [3.63, 3.8) is 0 Å². The predicted octanol–water partition coefficient (Wildman–Crippen LogP) is 37.1. The Hall–Kier alpha value is 0. The Labute approximate surface area is 718 Å². The van der Waals surface area contributed by atoms with E-state index in [0.717, 1.165) is 147 Å². The van der Waals surface area contributed by atoms with Gasteiger partial charge in [0.2, 0.25) is 0 Å². The van der Waals surface area contributed by atoms with Gasteiger partial charge in [-0.2, -0.15) is 0 Å². The van der Waals surface area contributed by atoms with E-state index in [4.69, 9.17) is 0 Å². The van der Waals surface area contributed by atoms with Crippen LogP contribution >= 0.6 is 0 Å². The van der Waals surface area contributed by atoms with Gasteiger partial charge in [0.25, 0.3) is 0 Å². The van der Waals surface area contributed by atoms with Gasteiger partial charge in [0.1, 0.15) is 0 Å². The Morgan fingerprint density at radius 1 is 0.228 bits per heavy atom. The van der Waals surface area contributed by atoms with Crippen LogP contribution < -0.4 is 0 Å². The van der Waals surface area contributed by atoms with E-state index in [1.165, 1.54) is 122 Å². The van der Waals surface area contributed by atoms with Crippen LogP contribution in [0.2, 0.25) is 0 Å². The molecule has 0 N–H and O–H groups in total. The monoisotopic (exact) mass is 1580 g/mol. The zero-order valence-electron chi connectivity index (χ0n) is 83.8. The lowest BCUT2D eigenvalue weighted by molar-refractivity contribution is 0.0484. The summed E-state index contributed by atoms with van der Waals surface area (Å²) in [5.41, 5.74) is 7.02. The summed E-state index contributed by atoms with van der Waals surface area (Å²) in [7, 11) is 0. The highest BCUT2D eigenvalue weighted by molar-refractivity contribution is 5.11. The van der Waals surface area contributed by atoms with Gasteiger partial charge in [-0.3, -0.25) is 0 Å². The second kappa shape index (κ2) is 38.5. The Morgan fingerprint density at radius 2 is 0.561 bits per heavy atom. The van der Waals surface area contributed by atoms with Gasteiger partial charge in [0.05, 0.1) is 0 Å². The molecule has 21 aliphatic rings. The topological polar surface area (TPSA) is 0 Å². The summed E-state index contributed by atoms with van der Waals surface area (Å²) in [5.74, 6) is 26.4. The lowest BCUT2D eigenvalue weighted by Gasteiger charge is -2.46. The number of fused-ring (bicyclic) bond motifs is 18. The van der Waals surface area contributed by atoms with Crippen molar-refractivity contribution in [1.82, 2.24) is 0 Å². The van der Waals surface area contributed by atoms with Crippen molar-refractivity contribution in [1.29, 1.82) is 0 Å². The van der Waals surface area contributed by atoms with Gasteiger partial charge in [0, 0.05) is 0 Å². The van der Waals surface area contributed by atoms with E-state index < -0.39 is 0 Å². The molecule has 0 nitrogen and oxygen atoms in total. The van der Waals surface area contributed by atoms with Crippen LogP contribution in [0.25, 0.3) is 0 Å². The average molecular weight is 1580 g/mol. The summed E-state index contributed by atoms with van der Waals surface area (Å²) < 4.78 is 0. The summed E-state index contributed by atoms with van der Waals surface area (Å²) in [4.78, 5) is 0. The summed E-state index contributed by atoms with van der Waals surface area (Å²) in [6.45, 7) is 72.2. The van der Waals surface area contributed by atoms with Crippen LogP contribution in [-0.4, -0.2) is 0 Å². The van der Waals surface area contributed by atoms with Crippen LogP contribution in [0.4, 0.5) is 0 Å². The molecule has 0 heterocycles. The fourth-order valence-electron chi connectivity index (χ4n) is 32.5. The van der Waals surface area contributed by atoms with E-state index in [1.54, 1.807) is 186 Å². The molecule has 0 aromatic rings. The molecule has 114 heavy (non-hydrogen) atoms. The molecular weight excluding hydrogens is 1370 g/mol. The third-order valence-electron chi connectivity index (χ3n) is 36.5. The van der Waals surface area contributed by atoms with Crippen molar-refractivity contribution in [2.24, 2.45) is 207 Å². The van der Waals surface area contributed by atoms with Crippen molar-refractivity contribution in [3.8, 4) is 0 Å². The normalized spacial score (nSPS) is 40.7. The SMILES string of the molecule is CC(C)(C)CC12CCC(CC1)C2.CC(C)(C)CC1C2CCC1C2.CC(C)(C)CC1C2CCC1CC2.CC(C)(C)CC1CC2CC(C2)C1.CC(C)(C)CC1CC2CCC(C2)C1.CC(C)(C)CC1CC2CCC1(C)C2(C)C.CC(C)(C)CC1CC2CCC1C2.CC(C)(C)CC1CC2CCC1CC2.CC(C)(C)CC1CC2CCCC(C2)C1. The Kier molecular flexibility index (Phi) is 32.5. The van der Waals surface area contributed by atoms with Crippen LogP contribution in [0.3, 0.4) is 0 Å². The molecule has 0 spiro atoms. The van der Waals surface area contributed by atoms with Crippen LogP contribution in [0.1, 0.15) is 516 Å². The van der Waals surface area contributed by atoms with Crippen LogP contribution in [0, 0.1) is 207 Å². The van der Waals surface area contributed by atoms with Gasteiger partial charge in [-0.05, 0) is 464 Å². The molecule has 0 heteroatoms. The molecule has 13 atom stereocenters. The smallest absolute Gasteiger partial charge is 0.0243 e. The minimum absolute atomic E-state index is 0.508. The molecule has 0 aliphatic heterocycles. The van der Waals surface area contributed by atoms with Crippen molar-refractivity contribution >= 4 is 0 Å². The summed E-state index contributed by atoms with van der Waals surface area (Å²) in [6.07, 6.45) is 73.4. The van der Waals surface area contributed by atoms with E-state index in [1.807, 2.05) is 0 Å². The highest BCUT2D eigenvalue weighted by atomic mass is 14.7. The molecule has 21 aliphatic carbocycles. The van der Waals surface area contributed by atoms with E-state index in [-0.39, 0.29) is 0 Å². The lowest BCUT2D eigenvalue weighted by Crippen LogP contribution is -2.35. The van der Waals surface area contributed by atoms with Crippen LogP contribution in [0.15, 0.2) is 0 Å². The van der Waals surface area contributed by atoms with Gasteiger partial charge in [-0.25, -0.2) is 0 Å². The van der Waals surface area contributed by atoms with E-state index in [0.29, 0.717) is 59.6 Å². The van der Waals surface area contributed by atoms with Crippen molar-refractivity contribution in [3.05, 3.63) is 0 Å². The zero-order chi connectivity index (χ0) is 83.8. The van der Waals surface area contributed by atoms with Gasteiger partial charge < -0.3 is 0 Å². The molecule has 0 amide bonds. The fourth-order valence-corrected chi connectivity index (χ4v) is 32.5. The first-order chi connectivity index (χ1) is 52.5. The molecule has 0 aromatic heterocycles. The van der Waals surface area contributed by atoms with Gasteiger partial charge in [-0.1, -0.05) is 259 Å². The van der Waals surface area contributed by atoms with Crippen molar-refractivity contribution in [2.75, 3.05) is 0 Å². The second-order valence-electron chi connectivity index (χ2n) is 59.0. The van der Waals surface area contributed by atoms with Crippen molar-refractivity contribution < 1.29 is 0 Å². The maximum absolute atomic E-state index is 2.57. The first kappa shape index (κ1) is 96.2. The van der Waals surface area contributed by atoms with Crippen molar-refractivity contribution in [2.45, 2.75) is 516 Å². The minimum atomic E-state index is 0.508. The van der Waals surface area contributed by atoms with Crippen LogP contribution in [-0.2, 0) is 0 Å². The van der Waals surface area contributed by atoms with E-state index >= 15 is 0 Å². The average Bonchev–Trinajstić information content (AvgIpc) is 1.55. The third kappa shape index (κ3) is 29.9. The Bertz CT molecular complexity index is 2730. The molecule has 666 valence electrons. The lowest BCUT2D eigenvalue weighted by atomic mass is 9.59. The molecule has 0 saturated heterocycles. The number of rotatable bonds is 9. The molecular formula is C114H210. The molecule has 21 fully saturated rings. The first-order valence-electron chi connectivity index (χ1n) is 52.5. The van der Waals surface area contributed by atoms with E-state index in [9.17, 15) is 0 Å². The quantitative estimate of drug-likeness (QED) is 0.216. The summed E-state index contributed by atoms with van der Waals surface area (Å²) >= 11 is 0. The fraction of sp³-hybridized carbons (Fsp3) is 1.00. The Morgan fingerprint density at radius 3 is 0.886 bits per heavy atom. The van der Waals surface area contributed by atoms with Crippen LogP contribution in [0.5, 0.6) is 0 Å². The predicted molar refractivity (Wildman–Crippen MR) is 505 cm³/mol. The molecule has 13 unspecified atom stereocenters. The minimum Gasteiger partial charge on any atom is -0.0602 e. The first-order valence-corrected chi connectivity index (χ1v) is 52.5. The maximum Gasteiger partial charge on any atom is -0.0243 e. The summed E-state index contributed by atoms with van der Waals surface area (Å²) in [6, 6.07) is 0. The van der Waals surface area contributed by atoms with E-state index in [2.05, 4.69) is 208 Å². The largest absolute Gasteiger partial charge is 0.0602 e. The maximum atomic E-state index is 2.57. The van der Waals surface area contributed by atoms with Gasteiger partial charge >= 0.3 is 0 Å². The Balaban J connectivity index is 0.000000136. The molecule has 21 rings (SSSR count). The molecule has 0 radical (unpaired) electrons. The zero-order valence-corrected chi connectivity index (χ0v) is 83.8. The standard InChI is InChI=1S/C15H28.C14H26.2C13H24.4C12H22.C11H20/c1-13(2,3)10-12-9-11-7-8-15(12,6)14(11,4)5;1-14(2,3)10-13-8-11-5-4-6-12(7-11)9-13;1-13(2,3)9-12-8-10-4-6-11(12)7-5-10;1-13(2,3)9-12-7-10-4-5-11(6-10)8-12;1-12(2,3)8-11-6-9-4-10(5-9)7-11;1-11(2,3)9-12-6-4-10(8-12)5-7-12;1-12(2,3)8-11-7-9-4-5-10(11)6-9;1-12(2,3)8-11-9-4-5-10(11)7-6-9;1-11(2,3)7-10-8-4-5-9(10)6-8/h11-12H,7-10H2,1-6H3;11-13H,4-10H2,1-3H3;2*10-12H,4-9H2,1-3H3;9-11H,4-8H2,1-3H3;10H,4-9H2,1-3H3;2*9-11H,4-8H2,1-3H3;8-10H,4-7H2,1-3H3. The molecule has 18 bridgehead atoms. The third-order valence-corrected chi connectivity index (χ3v) is 36.5. The summed E-state index contributed by atoms with van der Waals surface area (Å²) in [5, 5.41) is 0. The highest BCUT2D eigenvalue weighted by Gasteiger charge is 2.61. The molecule has 0 aromatic carbocycles. The van der Waals surface area contributed by atoms with Gasteiger partial charge in [0.15, 0.2) is 0 Å².